The van der Waals surface area contributed by atoms with Crippen LogP contribution in [-0.2, 0) is 11.3 Å². The molecule has 0 aromatic heterocycles. The summed E-state index contributed by atoms with van der Waals surface area (Å²) in [5.41, 5.74) is 7.77. The lowest BCUT2D eigenvalue weighted by atomic mass is 10.1. The summed E-state index contributed by atoms with van der Waals surface area (Å²) in [5.74, 6) is 0.729. The third-order valence-electron chi connectivity index (χ3n) is 3.64. The molecule has 1 heterocycles. The van der Waals surface area contributed by atoms with E-state index in [1.165, 1.54) is 11.1 Å². The van der Waals surface area contributed by atoms with Gasteiger partial charge < -0.3 is 10.5 Å². The lowest BCUT2D eigenvalue weighted by molar-refractivity contribution is -0.121. The monoisotopic (exact) mass is 248 g/mol. The highest BCUT2D eigenvalue weighted by molar-refractivity contribution is 5.77. The number of rotatable bonds is 4. The van der Waals surface area contributed by atoms with Gasteiger partial charge in [0.2, 0.25) is 5.91 Å². The van der Waals surface area contributed by atoms with E-state index in [0.717, 1.165) is 31.8 Å². The van der Waals surface area contributed by atoms with Gasteiger partial charge in [0.05, 0.1) is 13.0 Å². The zero-order valence-corrected chi connectivity index (χ0v) is 11.0. The first-order valence-electron chi connectivity index (χ1n) is 6.26. The standard InChI is InChI=1S/C14H20N2O2/c1-10-4-3-5-13(18-2)12(10)9-16-7-6-11(8-16)14(15)17/h3-5,11H,6-9H2,1-2H3,(H2,15,17)/t11-/m1/s1. The third-order valence-corrected chi connectivity index (χ3v) is 3.64. The van der Waals surface area contributed by atoms with Crippen LogP contribution >= 0.6 is 0 Å². The van der Waals surface area contributed by atoms with Crippen molar-refractivity contribution in [3.63, 3.8) is 0 Å². The van der Waals surface area contributed by atoms with Crippen LogP contribution in [0.2, 0.25) is 0 Å². The lowest BCUT2D eigenvalue weighted by Gasteiger charge is -2.19. The van der Waals surface area contributed by atoms with Gasteiger partial charge in [-0.25, -0.2) is 0 Å². The molecule has 1 saturated heterocycles. The highest BCUT2D eigenvalue weighted by Crippen LogP contribution is 2.26. The molecular formula is C14H20N2O2. The average molecular weight is 248 g/mol. The molecule has 1 aliphatic heterocycles. The molecule has 4 nitrogen and oxygen atoms in total. The van der Waals surface area contributed by atoms with Crippen LogP contribution < -0.4 is 10.5 Å². The molecule has 1 aliphatic rings. The summed E-state index contributed by atoms with van der Waals surface area (Å²) >= 11 is 0. The molecule has 0 unspecified atom stereocenters. The first kappa shape index (κ1) is 12.9. The Morgan fingerprint density at radius 2 is 2.33 bits per heavy atom. The molecule has 98 valence electrons. The van der Waals surface area contributed by atoms with E-state index < -0.39 is 0 Å². The van der Waals surface area contributed by atoms with E-state index in [9.17, 15) is 4.79 Å². The summed E-state index contributed by atoms with van der Waals surface area (Å²) in [4.78, 5) is 13.4. The fourth-order valence-electron chi connectivity index (χ4n) is 2.50. The molecule has 0 saturated carbocycles. The summed E-state index contributed by atoms with van der Waals surface area (Å²) < 4.78 is 5.39. The van der Waals surface area contributed by atoms with Crippen LogP contribution in [0.5, 0.6) is 5.75 Å². The van der Waals surface area contributed by atoms with E-state index in [-0.39, 0.29) is 11.8 Å². The summed E-state index contributed by atoms with van der Waals surface area (Å²) in [6.45, 7) is 4.58. The summed E-state index contributed by atoms with van der Waals surface area (Å²) in [6.07, 6.45) is 0.865. The number of benzene rings is 1. The summed E-state index contributed by atoms with van der Waals surface area (Å²) in [5, 5.41) is 0. The van der Waals surface area contributed by atoms with Crippen LogP contribution in [0.1, 0.15) is 17.5 Å². The van der Waals surface area contributed by atoms with Gasteiger partial charge in [-0.15, -0.1) is 0 Å². The molecule has 1 fully saturated rings. The number of methoxy groups -OCH3 is 1. The van der Waals surface area contributed by atoms with Crippen LogP contribution in [0.4, 0.5) is 0 Å². The average Bonchev–Trinajstić information content (AvgIpc) is 2.80. The SMILES string of the molecule is COc1cccc(C)c1CN1CC[C@@H](C(N)=O)C1. The molecule has 4 heteroatoms. The minimum absolute atomic E-state index is 0.0000123. The Kier molecular flexibility index (Phi) is 3.87. The van der Waals surface area contributed by atoms with E-state index in [0.29, 0.717) is 0 Å². The Morgan fingerprint density at radius 3 is 2.94 bits per heavy atom. The molecule has 0 spiro atoms. The van der Waals surface area contributed by atoms with Gasteiger partial charge >= 0.3 is 0 Å². The van der Waals surface area contributed by atoms with Crippen LogP contribution in [0, 0.1) is 12.8 Å². The lowest BCUT2D eigenvalue weighted by Crippen LogP contribution is -2.27. The van der Waals surface area contributed by atoms with Crippen molar-refractivity contribution in [1.29, 1.82) is 0 Å². The van der Waals surface area contributed by atoms with Crippen molar-refractivity contribution >= 4 is 5.91 Å². The largest absolute Gasteiger partial charge is 0.496 e. The number of carbonyl (C=O) groups excluding carboxylic acids is 1. The maximum atomic E-state index is 11.2. The molecule has 2 N–H and O–H groups in total. The number of hydrogen-bond acceptors (Lipinski definition) is 3. The van der Waals surface area contributed by atoms with Gasteiger partial charge in [-0.3, -0.25) is 9.69 Å². The van der Waals surface area contributed by atoms with Gasteiger partial charge in [-0.05, 0) is 31.5 Å². The van der Waals surface area contributed by atoms with Gasteiger partial charge in [-0.2, -0.15) is 0 Å². The normalized spacial score (nSPS) is 20.0. The minimum atomic E-state index is -0.186. The van der Waals surface area contributed by atoms with E-state index >= 15 is 0 Å². The van der Waals surface area contributed by atoms with E-state index in [2.05, 4.69) is 17.9 Å². The number of hydrogen-bond donors (Lipinski definition) is 1. The molecule has 1 atom stereocenters. The minimum Gasteiger partial charge on any atom is -0.496 e. The van der Waals surface area contributed by atoms with Crippen LogP contribution in [0.3, 0.4) is 0 Å². The quantitative estimate of drug-likeness (QED) is 0.874. The van der Waals surface area contributed by atoms with Gasteiger partial charge in [0.1, 0.15) is 5.75 Å². The van der Waals surface area contributed by atoms with Gasteiger partial charge in [0.15, 0.2) is 0 Å². The van der Waals surface area contributed by atoms with Crippen molar-refractivity contribution in [2.45, 2.75) is 19.9 Å². The predicted octanol–water partition coefficient (Wildman–Crippen LogP) is 1.31. The number of likely N-dealkylation sites (tertiary alicyclic amines) is 1. The topological polar surface area (TPSA) is 55.6 Å². The Morgan fingerprint density at radius 1 is 1.56 bits per heavy atom. The summed E-state index contributed by atoms with van der Waals surface area (Å²) in [7, 11) is 1.69. The van der Waals surface area contributed by atoms with Crippen LogP contribution in [-0.4, -0.2) is 31.0 Å². The number of primary amides is 1. The molecule has 1 aromatic carbocycles. The maximum absolute atomic E-state index is 11.2. The fourth-order valence-corrected chi connectivity index (χ4v) is 2.50. The highest BCUT2D eigenvalue weighted by atomic mass is 16.5. The Labute approximate surface area is 108 Å². The van der Waals surface area contributed by atoms with E-state index in [1.807, 2.05) is 12.1 Å². The Bertz CT molecular complexity index is 445. The molecule has 2 rings (SSSR count). The fraction of sp³-hybridized carbons (Fsp3) is 0.500. The van der Waals surface area contributed by atoms with E-state index in [4.69, 9.17) is 10.5 Å². The Balaban J connectivity index is 2.09. The van der Waals surface area contributed by atoms with Crippen molar-refractivity contribution in [3.05, 3.63) is 29.3 Å². The van der Waals surface area contributed by atoms with Crippen molar-refractivity contribution in [2.24, 2.45) is 11.7 Å². The number of nitrogens with zero attached hydrogens (tertiary/aromatic N) is 1. The number of amides is 1. The number of nitrogens with two attached hydrogens (primary N) is 1. The molecule has 18 heavy (non-hydrogen) atoms. The number of ether oxygens (including phenoxy) is 1. The van der Waals surface area contributed by atoms with E-state index in [1.54, 1.807) is 7.11 Å². The number of aryl methyl sites for hydroxylation is 1. The second kappa shape index (κ2) is 5.40. The third kappa shape index (κ3) is 2.64. The smallest absolute Gasteiger partial charge is 0.221 e. The number of carbonyl (C=O) groups is 1. The van der Waals surface area contributed by atoms with Gasteiger partial charge in [0, 0.05) is 18.7 Å². The molecule has 1 aromatic rings. The summed E-state index contributed by atoms with van der Waals surface area (Å²) in [6, 6.07) is 6.05. The van der Waals surface area contributed by atoms with Crippen molar-refractivity contribution in [1.82, 2.24) is 4.90 Å². The van der Waals surface area contributed by atoms with Gasteiger partial charge in [0.25, 0.3) is 0 Å². The molecular weight excluding hydrogens is 228 g/mol. The van der Waals surface area contributed by atoms with Crippen molar-refractivity contribution < 1.29 is 9.53 Å². The molecule has 0 aliphatic carbocycles. The second-order valence-electron chi connectivity index (χ2n) is 4.88. The zero-order valence-electron chi connectivity index (χ0n) is 11.0. The first-order chi connectivity index (χ1) is 8.61. The van der Waals surface area contributed by atoms with Crippen molar-refractivity contribution in [2.75, 3.05) is 20.2 Å². The maximum Gasteiger partial charge on any atom is 0.221 e. The molecule has 0 radical (unpaired) electrons. The first-order valence-corrected chi connectivity index (χ1v) is 6.26. The molecule has 1 amide bonds. The zero-order chi connectivity index (χ0) is 13.1. The van der Waals surface area contributed by atoms with Crippen LogP contribution in [0.25, 0.3) is 0 Å². The van der Waals surface area contributed by atoms with Crippen LogP contribution in [0.15, 0.2) is 18.2 Å². The van der Waals surface area contributed by atoms with Crippen molar-refractivity contribution in [3.8, 4) is 5.75 Å². The second-order valence-corrected chi connectivity index (χ2v) is 4.88. The van der Waals surface area contributed by atoms with Gasteiger partial charge in [-0.1, -0.05) is 12.1 Å². The predicted molar refractivity (Wildman–Crippen MR) is 70.3 cm³/mol. The molecule has 0 bridgehead atoms. The highest BCUT2D eigenvalue weighted by Gasteiger charge is 2.27. The Hall–Kier alpha value is -1.55.